The van der Waals surface area contributed by atoms with Gasteiger partial charge in [0.25, 0.3) is 0 Å². The van der Waals surface area contributed by atoms with Crippen molar-refractivity contribution in [3.8, 4) is 0 Å². The van der Waals surface area contributed by atoms with E-state index in [2.05, 4.69) is 85.0 Å². The summed E-state index contributed by atoms with van der Waals surface area (Å²) in [5.74, 6) is 2.10. The van der Waals surface area contributed by atoms with Crippen molar-refractivity contribution in [3.05, 3.63) is 96.1 Å². The van der Waals surface area contributed by atoms with E-state index in [-0.39, 0.29) is 29.1 Å². The fourth-order valence-electron chi connectivity index (χ4n) is 11.5. The van der Waals surface area contributed by atoms with Crippen LogP contribution < -0.4 is 5.73 Å². The Morgan fingerprint density at radius 2 is 1.62 bits per heavy atom. The first-order valence-corrected chi connectivity index (χ1v) is 19.9. The van der Waals surface area contributed by atoms with E-state index in [4.69, 9.17) is 5.73 Å². The predicted molar refractivity (Wildman–Crippen MR) is 200 cm³/mol. The molecule has 48 heavy (non-hydrogen) atoms. The van der Waals surface area contributed by atoms with Gasteiger partial charge in [-0.25, -0.2) is 0 Å². The number of aryl methyl sites for hydroxylation is 1. The molecule has 0 amide bonds. The van der Waals surface area contributed by atoms with E-state index in [9.17, 15) is 9.90 Å². The Hall–Kier alpha value is -2.65. The topological polar surface area (TPSA) is 63.3 Å². The molecule has 3 heteroatoms. The lowest BCUT2D eigenvalue weighted by Crippen LogP contribution is -2.55. The molecule has 0 heterocycles. The molecule has 3 N–H and O–H groups in total. The van der Waals surface area contributed by atoms with Crippen molar-refractivity contribution in [3.63, 3.8) is 0 Å². The molecule has 0 saturated heterocycles. The second kappa shape index (κ2) is 16.8. The van der Waals surface area contributed by atoms with Gasteiger partial charge in [0.05, 0.1) is 0 Å². The molecule has 3 nitrogen and oxygen atoms in total. The molecular formula is C45H63NO2. The van der Waals surface area contributed by atoms with Gasteiger partial charge < -0.3 is 10.8 Å². The summed E-state index contributed by atoms with van der Waals surface area (Å²) in [5.41, 5.74) is 9.36. The first-order valence-electron chi connectivity index (χ1n) is 19.9. The maximum absolute atomic E-state index is 12.7. The summed E-state index contributed by atoms with van der Waals surface area (Å²) in [7, 11) is 0. The summed E-state index contributed by atoms with van der Waals surface area (Å²) < 4.78 is 0. The monoisotopic (exact) mass is 649 g/mol. The Kier molecular flexibility index (Phi) is 12.3. The van der Waals surface area contributed by atoms with Crippen molar-refractivity contribution in [2.75, 3.05) is 6.54 Å². The van der Waals surface area contributed by atoms with Crippen LogP contribution in [0.1, 0.15) is 127 Å². The van der Waals surface area contributed by atoms with Crippen LogP contribution in [0, 0.1) is 40.9 Å². The van der Waals surface area contributed by atoms with Crippen LogP contribution in [0.2, 0.25) is 0 Å². The van der Waals surface area contributed by atoms with Gasteiger partial charge in [-0.1, -0.05) is 130 Å². The molecule has 2 aromatic carbocycles. The average Bonchev–Trinajstić information content (AvgIpc) is 3.11. The fourth-order valence-corrected chi connectivity index (χ4v) is 11.5. The van der Waals surface area contributed by atoms with Crippen molar-refractivity contribution in [1.29, 1.82) is 0 Å². The van der Waals surface area contributed by atoms with Crippen LogP contribution in [0.3, 0.4) is 0 Å². The number of allylic oxidation sites excluding steroid dienone is 4. The average molecular weight is 650 g/mol. The Balaban J connectivity index is 1.31. The Bertz CT molecular complexity index is 1330. The number of nitrogens with two attached hydrogens (primary N) is 1. The summed E-state index contributed by atoms with van der Waals surface area (Å²) in [4.78, 5) is 12.7. The fraction of sp³-hybridized carbons (Fsp3) is 0.622. The summed E-state index contributed by atoms with van der Waals surface area (Å²) in [5, 5.41) is 10.5. The Labute approximate surface area is 291 Å². The largest absolute Gasteiger partial charge is 0.481 e. The van der Waals surface area contributed by atoms with Gasteiger partial charge >= 0.3 is 5.97 Å². The minimum Gasteiger partial charge on any atom is -0.481 e. The highest BCUT2D eigenvalue weighted by Gasteiger charge is 2.58. The molecule has 0 radical (unpaired) electrons. The Morgan fingerprint density at radius 1 is 0.875 bits per heavy atom. The molecule has 0 aromatic heterocycles. The third kappa shape index (κ3) is 8.04. The van der Waals surface area contributed by atoms with Crippen LogP contribution in [0.15, 0.2) is 85.0 Å². The van der Waals surface area contributed by atoms with E-state index >= 15 is 0 Å². The number of carboxylic acid groups (broad SMARTS) is 1. The zero-order valence-corrected chi connectivity index (χ0v) is 29.6. The molecule has 0 spiro atoms. The van der Waals surface area contributed by atoms with Crippen LogP contribution in [0.5, 0.6) is 0 Å². The highest BCUT2D eigenvalue weighted by molar-refractivity contribution is 5.67. The van der Waals surface area contributed by atoms with Gasteiger partial charge in [-0.15, -0.1) is 0 Å². The number of carboxylic acids is 1. The van der Waals surface area contributed by atoms with Crippen molar-refractivity contribution in [1.82, 2.24) is 0 Å². The SMILES string of the molecule is NCCC1C(CC(=O)O)C2C=CC1(CC(CC=CCCC1CCCCC1)CCc1ccccc1)CCC1CCCCC12c1ccccc1. The summed E-state index contributed by atoms with van der Waals surface area (Å²) >= 11 is 0. The van der Waals surface area contributed by atoms with Gasteiger partial charge in [0.15, 0.2) is 0 Å². The molecule has 3 fully saturated rings. The standard InChI is InChI=1S/C45H63NO2/c46-32-28-41-40(33-43(47)48)42-27-31-44(41,30-26-39-23-13-14-29-45(39,42)38-21-11-4-12-22-38)34-37(25-24-36-18-8-2-9-19-36)20-10-3-7-17-35-15-5-1-6-16-35/h2-4,8-12,18-19,21-22,27,31,35,37,39-42H,1,5-7,13-17,20,23-26,28-30,32-34,46H2,(H,47,48). The van der Waals surface area contributed by atoms with E-state index < -0.39 is 5.97 Å². The minimum absolute atomic E-state index is 0.00751. The van der Waals surface area contributed by atoms with E-state index in [1.54, 1.807) is 0 Å². The molecule has 3 saturated carbocycles. The maximum Gasteiger partial charge on any atom is 0.303 e. The maximum atomic E-state index is 12.7. The van der Waals surface area contributed by atoms with Crippen LogP contribution in [-0.2, 0) is 16.6 Å². The molecule has 0 aliphatic heterocycles. The third-order valence-electron chi connectivity index (χ3n) is 13.7. The smallest absolute Gasteiger partial charge is 0.303 e. The van der Waals surface area contributed by atoms with Crippen LogP contribution >= 0.6 is 0 Å². The van der Waals surface area contributed by atoms with Gasteiger partial charge in [0.2, 0.25) is 0 Å². The van der Waals surface area contributed by atoms with Crippen molar-refractivity contribution in [2.45, 2.75) is 127 Å². The zero-order chi connectivity index (χ0) is 33.2. The first-order chi connectivity index (χ1) is 23.5. The summed E-state index contributed by atoms with van der Waals surface area (Å²) in [6.07, 6.45) is 33.0. The zero-order valence-electron chi connectivity index (χ0n) is 29.6. The number of hydrogen-bond acceptors (Lipinski definition) is 2. The summed E-state index contributed by atoms with van der Waals surface area (Å²) in [6, 6.07) is 22.3. The van der Waals surface area contributed by atoms with Crippen LogP contribution in [0.25, 0.3) is 0 Å². The number of rotatable bonds is 15. The number of benzene rings is 2. The second-order valence-electron chi connectivity index (χ2n) is 16.3. The van der Waals surface area contributed by atoms with Crippen molar-refractivity contribution >= 4 is 5.97 Å². The predicted octanol–water partition coefficient (Wildman–Crippen LogP) is 11.1. The quantitative estimate of drug-likeness (QED) is 0.189. The van der Waals surface area contributed by atoms with E-state index in [1.807, 2.05) is 0 Å². The normalized spacial score (nSPS) is 31.3. The molecule has 260 valence electrons. The highest BCUT2D eigenvalue weighted by Crippen LogP contribution is 2.64. The van der Waals surface area contributed by atoms with Crippen LogP contribution in [0.4, 0.5) is 0 Å². The molecule has 7 atom stereocenters. The molecule has 2 bridgehead atoms. The van der Waals surface area contributed by atoms with Gasteiger partial charge in [-0.3, -0.25) is 4.79 Å². The lowest BCUT2D eigenvalue weighted by molar-refractivity contribution is -0.141. The number of aliphatic carboxylic acids is 1. The van der Waals surface area contributed by atoms with Gasteiger partial charge in [0, 0.05) is 11.8 Å². The molecule has 2 aromatic rings. The van der Waals surface area contributed by atoms with Crippen LogP contribution in [-0.4, -0.2) is 17.6 Å². The highest BCUT2D eigenvalue weighted by atomic mass is 16.4. The molecule has 5 aliphatic rings. The molecule has 7 rings (SSSR count). The first kappa shape index (κ1) is 35.2. The van der Waals surface area contributed by atoms with Gasteiger partial charge in [0.1, 0.15) is 0 Å². The minimum atomic E-state index is -0.645. The number of carbonyl (C=O) groups is 1. The summed E-state index contributed by atoms with van der Waals surface area (Å²) in [6.45, 7) is 0.626. The second-order valence-corrected chi connectivity index (χ2v) is 16.3. The molecular weight excluding hydrogens is 587 g/mol. The van der Waals surface area contributed by atoms with Gasteiger partial charge in [-0.05, 0) is 129 Å². The molecule has 7 unspecified atom stereocenters. The lowest BCUT2D eigenvalue weighted by atomic mass is 9.43. The van der Waals surface area contributed by atoms with E-state index in [0.29, 0.717) is 24.3 Å². The van der Waals surface area contributed by atoms with E-state index in [0.717, 1.165) is 38.0 Å². The van der Waals surface area contributed by atoms with Crippen molar-refractivity contribution in [2.24, 2.45) is 46.7 Å². The molecule has 5 aliphatic carbocycles. The third-order valence-corrected chi connectivity index (χ3v) is 13.7. The number of fused-ring (bicyclic) bond motifs is 2. The van der Waals surface area contributed by atoms with E-state index in [1.165, 1.54) is 94.6 Å². The lowest BCUT2D eigenvalue weighted by Gasteiger charge is -2.60. The number of hydrogen-bond donors (Lipinski definition) is 2. The Morgan fingerprint density at radius 3 is 2.38 bits per heavy atom. The van der Waals surface area contributed by atoms with Crippen molar-refractivity contribution < 1.29 is 9.90 Å². The van der Waals surface area contributed by atoms with Gasteiger partial charge in [-0.2, -0.15) is 0 Å².